The summed E-state index contributed by atoms with van der Waals surface area (Å²) in [6.07, 6.45) is -0.522. The van der Waals surface area contributed by atoms with E-state index in [-0.39, 0.29) is 0 Å². The molecule has 2 nitrogen and oxygen atoms in total. The molecule has 1 unspecified atom stereocenters. The van der Waals surface area contributed by atoms with Crippen LogP contribution in [-0.2, 0) is 0 Å². The van der Waals surface area contributed by atoms with Crippen molar-refractivity contribution in [3.63, 3.8) is 0 Å². The summed E-state index contributed by atoms with van der Waals surface area (Å²) in [7, 11) is 1.62. The molecule has 1 N–H and O–H groups in total. The molecule has 0 aromatic heterocycles. The molecule has 18 heavy (non-hydrogen) atoms. The predicted octanol–water partition coefficient (Wildman–Crippen LogP) is 3.52. The molecule has 0 bridgehead atoms. The molecule has 0 aliphatic rings. The standard InChI is InChI=1S/C15H16O2S/c1-17-15-10-6-5-9-13(15)14(16)11-18-12-7-3-2-4-8-12/h2-10,14,16H,11H2,1H3. The average Bonchev–Trinajstić information content (AvgIpc) is 2.45. The first kappa shape index (κ1) is 13.0. The van der Waals surface area contributed by atoms with Crippen molar-refractivity contribution in [2.45, 2.75) is 11.0 Å². The first-order valence-corrected chi connectivity index (χ1v) is 6.78. The van der Waals surface area contributed by atoms with Gasteiger partial charge < -0.3 is 9.84 Å². The van der Waals surface area contributed by atoms with Crippen LogP contribution in [0.25, 0.3) is 0 Å². The fourth-order valence-corrected chi connectivity index (χ4v) is 2.60. The summed E-state index contributed by atoms with van der Waals surface area (Å²) in [5.41, 5.74) is 0.837. The zero-order chi connectivity index (χ0) is 12.8. The van der Waals surface area contributed by atoms with Crippen molar-refractivity contribution in [3.05, 3.63) is 60.2 Å². The molecule has 0 saturated carbocycles. The molecule has 0 saturated heterocycles. The summed E-state index contributed by atoms with van der Waals surface area (Å²) in [5.74, 6) is 1.35. The monoisotopic (exact) mass is 260 g/mol. The van der Waals surface area contributed by atoms with Gasteiger partial charge in [-0.3, -0.25) is 0 Å². The van der Waals surface area contributed by atoms with E-state index in [1.165, 1.54) is 0 Å². The molecule has 0 aliphatic carbocycles. The zero-order valence-electron chi connectivity index (χ0n) is 10.2. The van der Waals surface area contributed by atoms with Crippen LogP contribution >= 0.6 is 11.8 Å². The van der Waals surface area contributed by atoms with Crippen LogP contribution in [0, 0.1) is 0 Å². The average molecular weight is 260 g/mol. The van der Waals surface area contributed by atoms with Gasteiger partial charge in [0.1, 0.15) is 5.75 Å². The smallest absolute Gasteiger partial charge is 0.124 e. The Balaban J connectivity index is 2.01. The van der Waals surface area contributed by atoms with Gasteiger partial charge in [0, 0.05) is 16.2 Å². The molecule has 2 rings (SSSR count). The lowest BCUT2D eigenvalue weighted by atomic mass is 10.1. The molecule has 0 amide bonds. The third-order valence-corrected chi connectivity index (χ3v) is 3.74. The topological polar surface area (TPSA) is 29.5 Å². The summed E-state index contributed by atoms with van der Waals surface area (Å²) in [6.45, 7) is 0. The minimum Gasteiger partial charge on any atom is -0.496 e. The number of aliphatic hydroxyl groups is 1. The molecule has 2 aromatic carbocycles. The van der Waals surface area contributed by atoms with Crippen molar-refractivity contribution >= 4 is 11.8 Å². The Bertz CT molecular complexity index is 485. The molecule has 0 radical (unpaired) electrons. The quantitative estimate of drug-likeness (QED) is 0.834. The molecule has 0 heterocycles. The van der Waals surface area contributed by atoms with E-state index in [0.717, 1.165) is 16.2 Å². The van der Waals surface area contributed by atoms with E-state index in [0.29, 0.717) is 5.75 Å². The number of para-hydroxylation sites is 1. The molecule has 0 fully saturated rings. The Hall–Kier alpha value is -1.45. The highest BCUT2D eigenvalue weighted by molar-refractivity contribution is 7.99. The van der Waals surface area contributed by atoms with Gasteiger partial charge in [0.25, 0.3) is 0 Å². The number of aliphatic hydroxyl groups excluding tert-OH is 1. The van der Waals surface area contributed by atoms with Crippen LogP contribution in [-0.4, -0.2) is 18.0 Å². The third kappa shape index (κ3) is 3.28. The summed E-state index contributed by atoms with van der Waals surface area (Å²) >= 11 is 1.64. The number of benzene rings is 2. The summed E-state index contributed by atoms with van der Waals surface area (Å²) in [4.78, 5) is 1.16. The van der Waals surface area contributed by atoms with Crippen LogP contribution in [0.2, 0.25) is 0 Å². The number of rotatable bonds is 5. The van der Waals surface area contributed by atoms with Crippen LogP contribution < -0.4 is 4.74 Å². The van der Waals surface area contributed by atoms with Crippen molar-refractivity contribution in [1.29, 1.82) is 0 Å². The fraction of sp³-hybridized carbons (Fsp3) is 0.200. The van der Waals surface area contributed by atoms with Crippen molar-refractivity contribution < 1.29 is 9.84 Å². The van der Waals surface area contributed by atoms with Gasteiger partial charge in [-0.15, -0.1) is 11.8 Å². The minimum absolute atomic E-state index is 0.522. The highest BCUT2D eigenvalue weighted by Crippen LogP contribution is 2.29. The van der Waals surface area contributed by atoms with E-state index in [9.17, 15) is 5.11 Å². The van der Waals surface area contributed by atoms with Crippen LogP contribution in [0.4, 0.5) is 0 Å². The number of hydrogen-bond acceptors (Lipinski definition) is 3. The zero-order valence-corrected chi connectivity index (χ0v) is 11.1. The second-order valence-electron chi connectivity index (χ2n) is 3.88. The Morgan fingerprint density at radius 1 is 1.06 bits per heavy atom. The molecule has 2 aromatic rings. The molecule has 0 spiro atoms. The first-order chi connectivity index (χ1) is 8.81. The lowest BCUT2D eigenvalue weighted by Crippen LogP contribution is -2.02. The first-order valence-electron chi connectivity index (χ1n) is 5.80. The molecular formula is C15H16O2S. The fourth-order valence-electron chi connectivity index (χ4n) is 1.72. The van der Waals surface area contributed by atoms with Crippen molar-refractivity contribution in [1.82, 2.24) is 0 Å². The summed E-state index contributed by atoms with van der Waals surface area (Å²) in [5, 5.41) is 10.2. The number of ether oxygens (including phenoxy) is 1. The van der Waals surface area contributed by atoms with Crippen LogP contribution in [0.5, 0.6) is 5.75 Å². The minimum atomic E-state index is -0.522. The summed E-state index contributed by atoms with van der Waals surface area (Å²) in [6, 6.07) is 17.6. The van der Waals surface area contributed by atoms with Crippen LogP contribution in [0.15, 0.2) is 59.5 Å². The number of hydrogen-bond donors (Lipinski definition) is 1. The van der Waals surface area contributed by atoms with Crippen molar-refractivity contribution in [3.8, 4) is 5.75 Å². The Morgan fingerprint density at radius 2 is 1.72 bits per heavy atom. The molecule has 0 aliphatic heterocycles. The van der Waals surface area contributed by atoms with E-state index in [4.69, 9.17) is 4.74 Å². The second-order valence-corrected chi connectivity index (χ2v) is 4.98. The lowest BCUT2D eigenvalue weighted by molar-refractivity contribution is 0.199. The van der Waals surface area contributed by atoms with Gasteiger partial charge in [-0.2, -0.15) is 0 Å². The summed E-state index contributed by atoms with van der Waals surface area (Å²) < 4.78 is 5.25. The van der Waals surface area contributed by atoms with Gasteiger partial charge in [0.05, 0.1) is 13.2 Å². The van der Waals surface area contributed by atoms with Gasteiger partial charge in [-0.1, -0.05) is 36.4 Å². The van der Waals surface area contributed by atoms with Gasteiger partial charge in [-0.25, -0.2) is 0 Å². The predicted molar refractivity (Wildman–Crippen MR) is 75.1 cm³/mol. The normalized spacial score (nSPS) is 12.1. The van der Waals surface area contributed by atoms with E-state index in [1.54, 1.807) is 18.9 Å². The van der Waals surface area contributed by atoms with Gasteiger partial charge in [0.15, 0.2) is 0 Å². The van der Waals surface area contributed by atoms with E-state index >= 15 is 0 Å². The van der Waals surface area contributed by atoms with E-state index in [1.807, 2.05) is 54.6 Å². The van der Waals surface area contributed by atoms with Crippen LogP contribution in [0.1, 0.15) is 11.7 Å². The van der Waals surface area contributed by atoms with Crippen LogP contribution in [0.3, 0.4) is 0 Å². The molecule has 3 heteroatoms. The van der Waals surface area contributed by atoms with Gasteiger partial charge in [0.2, 0.25) is 0 Å². The van der Waals surface area contributed by atoms with E-state index in [2.05, 4.69) is 0 Å². The van der Waals surface area contributed by atoms with E-state index < -0.39 is 6.10 Å². The highest BCUT2D eigenvalue weighted by Gasteiger charge is 2.12. The Morgan fingerprint density at radius 3 is 2.44 bits per heavy atom. The Kier molecular flexibility index (Phi) is 4.67. The van der Waals surface area contributed by atoms with Crippen molar-refractivity contribution in [2.24, 2.45) is 0 Å². The maximum Gasteiger partial charge on any atom is 0.124 e. The highest BCUT2D eigenvalue weighted by atomic mass is 32.2. The molecule has 1 atom stereocenters. The second kappa shape index (κ2) is 6.47. The maximum absolute atomic E-state index is 10.2. The SMILES string of the molecule is COc1ccccc1C(O)CSc1ccccc1. The largest absolute Gasteiger partial charge is 0.496 e. The molecular weight excluding hydrogens is 244 g/mol. The third-order valence-electron chi connectivity index (χ3n) is 2.65. The number of methoxy groups -OCH3 is 1. The lowest BCUT2D eigenvalue weighted by Gasteiger charge is -2.14. The van der Waals surface area contributed by atoms with Gasteiger partial charge >= 0.3 is 0 Å². The van der Waals surface area contributed by atoms with Crippen molar-refractivity contribution in [2.75, 3.05) is 12.9 Å². The maximum atomic E-state index is 10.2. The van der Waals surface area contributed by atoms with Gasteiger partial charge in [-0.05, 0) is 18.2 Å². The Labute approximate surface area is 112 Å². The number of thioether (sulfide) groups is 1. The molecule has 94 valence electrons.